The Hall–Kier alpha value is -0.350. The standard InChI is InChI=1S/C14H12Br2ClN/c1-8-10(3-2-4-13(8)17)14(18)11-7-9(15)5-6-12(11)16/h2-7,14H,18H2,1H3. The molecule has 0 saturated heterocycles. The van der Waals surface area contributed by atoms with Crippen LogP contribution in [0.15, 0.2) is 45.3 Å². The minimum atomic E-state index is -0.199. The SMILES string of the molecule is Cc1c(Cl)cccc1C(N)c1cc(Br)ccc1Br. The summed E-state index contributed by atoms with van der Waals surface area (Å²) in [5.74, 6) is 0. The topological polar surface area (TPSA) is 26.0 Å². The van der Waals surface area contributed by atoms with E-state index in [2.05, 4.69) is 31.9 Å². The third kappa shape index (κ3) is 2.80. The summed E-state index contributed by atoms with van der Waals surface area (Å²) in [6, 6.07) is 11.6. The molecule has 2 N–H and O–H groups in total. The molecule has 2 aromatic rings. The maximum atomic E-state index is 6.35. The Bertz CT molecular complexity index is 582. The van der Waals surface area contributed by atoms with Gasteiger partial charge in [0.1, 0.15) is 0 Å². The van der Waals surface area contributed by atoms with Crippen molar-refractivity contribution in [3.63, 3.8) is 0 Å². The van der Waals surface area contributed by atoms with Crippen LogP contribution in [0, 0.1) is 6.92 Å². The van der Waals surface area contributed by atoms with E-state index in [1.807, 2.05) is 43.3 Å². The lowest BCUT2D eigenvalue weighted by Crippen LogP contribution is -2.14. The highest BCUT2D eigenvalue weighted by Crippen LogP contribution is 2.32. The lowest BCUT2D eigenvalue weighted by molar-refractivity contribution is 0.855. The zero-order chi connectivity index (χ0) is 13.3. The van der Waals surface area contributed by atoms with E-state index in [4.69, 9.17) is 17.3 Å². The van der Waals surface area contributed by atoms with Crippen LogP contribution in [0.5, 0.6) is 0 Å². The molecule has 0 spiro atoms. The Morgan fingerprint density at radius 3 is 2.56 bits per heavy atom. The van der Waals surface area contributed by atoms with Crippen molar-refractivity contribution in [1.82, 2.24) is 0 Å². The van der Waals surface area contributed by atoms with Crippen LogP contribution in [0.25, 0.3) is 0 Å². The molecular weight excluding hydrogens is 377 g/mol. The largest absolute Gasteiger partial charge is 0.320 e. The van der Waals surface area contributed by atoms with Gasteiger partial charge in [0.25, 0.3) is 0 Å². The highest BCUT2D eigenvalue weighted by atomic mass is 79.9. The summed E-state index contributed by atoms with van der Waals surface area (Å²) in [5, 5.41) is 0.745. The zero-order valence-electron chi connectivity index (χ0n) is 9.75. The third-order valence-electron chi connectivity index (χ3n) is 2.94. The molecule has 0 amide bonds. The van der Waals surface area contributed by atoms with Crippen LogP contribution < -0.4 is 5.73 Å². The van der Waals surface area contributed by atoms with Gasteiger partial charge in [-0.05, 0) is 47.9 Å². The van der Waals surface area contributed by atoms with Crippen LogP contribution in [0.3, 0.4) is 0 Å². The second-order valence-electron chi connectivity index (χ2n) is 4.10. The van der Waals surface area contributed by atoms with Gasteiger partial charge in [0, 0.05) is 14.0 Å². The van der Waals surface area contributed by atoms with E-state index in [9.17, 15) is 0 Å². The van der Waals surface area contributed by atoms with E-state index >= 15 is 0 Å². The van der Waals surface area contributed by atoms with Crippen molar-refractivity contribution in [3.8, 4) is 0 Å². The fraction of sp³-hybridized carbons (Fsp3) is 0.143. The lowest BCUT2D eigenvalue weighted by Gasteiger charge is -2.17. The summed E-state index contributed by atoms with van der Waals surface area (Å²) in [5.41, 5.74) is 9.45. The molecule has 0 fully saturated rings. The summed E-state index contributed by atoms with van der Waals surface area (Å²) in [7, 11) is 0. The van der Waals surface area contributed by atoms with Gasteiger partial charge >= 0.3 is 0 Å². The Kier molecular flexibility index (Phi) is 4.49. The molecule has 2 aromatic carbocycles. The molecule has 0 bridgehead atoms. The van der Waals surface area contributed by atoms with Crippen LogP contribution in [0.4, 0.5) is 0 Å². The summed E-state index contributed by atoms with van der Waals surface area (Å²) < 4.78 is 2.01. The quantitative estimate of drug-likeness (QED) is 0.749. The molecule has 0 aliphatic carbocycles. The average Bonchev–Trinajstić information content (AvgIpc) is 2.35. The maximum Gasteiger partial charge on any atom is 0.0566 e. The van der Waals surface area contributed by atoms with Crippen molar-refractivity contribution in [1.29, 1.82) is 0 Å². The van der Waals surface area contributed by atoms with Crippen molar-refractivity contribution in [2.45, 2.75) is 13.0 Å². The fourth-order valence-corrected chi connectivity index (χ4v) is 2.94. The van der Waals surface area contributed by atoms with Crippen LogP contribution in [0.1, 0.15) is 22.7 Å². The first-order valence-corrected chi connectivity index (χ1v) is 7.42. The van der Waals surface area contributed by atoms with Gasteiger partial charge in [0.15, 0.2) is 0 Å². The first kappa shape index (κ1) is 14.1. The average molecular weight is 390 g/mol. The minimum Gasteiger partial charge on any atom is -0.320 e. The van der Waals surface area contributed by atoms with Crippen LogP contribution in [-0.4, -0.2) is 0 Å². The van der Waals surface area contributed by atoms with Gasteiger partial charge in [-0.15, -0.1) is 0 Å². The Labute approximate surface area is 129 Å². The first-order chi connectivity index (χ1) is 8.50. The fourth-order valence-electron chi connectivity index (χ4n) is 1.88. The normalized spacial score (nSPS) is 12.5. The first-order valence-electron chi connectivity index (χ1n) is 5.46. The van der Waals surface area contributed by atoms with Gasteiger partial charge in [-0.2, -0.15) is 0 Å². The Morgan fingerprint density at radius 1 is 1.11 bits per heavy atom. The molecule has 0 aliphatic heterocycles. The van der Waals surface area contributed by atoms with Gasteiger partial charge in [-0.3, -0.25) is 0 Å². The number of hydrogen-bond acceptors (Lipinski definition) is 1. The van der Waals surface area contributed by atoms with E-state index in [1.165, 1.54) is 0 Å². The molecule has 1 unspecified atom stereocenters. The molecule has 0 saturated carbocycles. The van der Waals surface area contributed by atoms with Gasteiger partial charge in [-0.1, -0.05) is 55.6 Å². The molecule has 94 valence electrons. The van der Waals surface area contributed by atoms with Crippen molar-refractivity contribution < 1.29 is 0 Å². The summed E-state index contributed by atoms with van der Waals surface area (Å²) in [4.78, 5) is 0. The van der Waals surface area contributed by atoms with Crippen molar-refractivity contribution >= 4 is 43.5 Å². The second-order valence-corrected chi connectivity index (χ2v) is 6.27. The Balaban J connectivity index is 2.51. The summed E-state index contributed by atoms with van der Waals surface area (Å²) in [6.07, 6.45) is 0. The maximum absolute atomic E-state index is 6.35. The van der Waals surface area contributed by atoms with E-state index in [0.29, 0.717) is 0 Å². The van der Waals surface area contributed by atoms with Crippen LogP contribution in [-0.2, 0) is 0 Å². The van der Waals surface area contributed by atoms with E-state index in [-0.39, 0.29) is 6.04 Å². The molecule has 1 nitrogen and oxygen atoms in total. The number of nitrogens with two attached hydrogens (primary N) is 1. The smallest absolute Gasteiger partial charge is 0.0566 e. The predicted molar refractivity (Wildman–Crippen MR) is 84.1 cm³/mol. The second kappa shape index (κ2) is 5.74. The molecule has 0 aromatic heterocycles. The Morgan fingerprint density at radius 2 is 1.83 bits per heavy atom. The van der Waals surface area contributed by atoms with Gasteiger partial charge in [-0.25, -0.2) is 0 Å². The minimum absolute atomic E-state index is 0.199. The number of rotatable bonds is 2. The molecule has 0 radical (unpaired) electrons. The molecule has 0 aliphatic rings. The van der Waals surface area contributed by atoms with E-state index in [1.54, 1.807) is 0 Å². The third-order valence-corrected chi connectivity index (χ3v) is 4.56. The summed E-state index contributed by atoms with van der Waals surface area (Å²) in [6.45, 7) is 1.99. The summed E-state index contributed by atoms with van der Waals surface area (Å²) >= 11 is 13.1. The number of hydrogen-bond donors (Lipinski definition) is 1. The van der Waals surface area contributed by atoms with Gasteiger partial charge in [0.05, 0.1) is 6.04 Å². The molecule has 4 heteroatoms. The van der Waals surface area contributed by atoms with Crippen molar-refractivity contribution in [2.75, 3.05) is 0 Å². The molecule has 0 heterocycles. The van der Waals surface area contributed by atoms with E-state index in [0.717, 1.165) is 30.7 Å². The van der Waals surface area contributed by atoms with Crippen LogP contribution in [0.2, 0.25) is 5.02 Å². The predicted octanol–water partition coefficient (Wildman–Crippen LogP) is 5.22. The molecule has 18 heavy (non-hydrogen) atoms. The monoisotopic (exact) mass is 387 g/mol. The van der Waals surface area contributed by atoms with Gasteiger partial charge in [0.2, 0.25) is 0 Å². The molecular formula is C14H12Br2ClN. The molecule has 1 atom stereocenters. The van der Waals surface area contributed by atoms with Gasteiger partial charge < -0.3 is 5.73 Å². The van der Waals surface area contributed by atoms with Crippen molar-refractivity contribution in [3.05, 3.63) is 67.1 Å². The van der Waals surface area contributed by atoms with E-state index < -0.39 is 0 Å². The lowest BCUT2D eigenvalue weighted by atomic mass is 9.96. The number of halogens is 3. The highest BCUT2D eigenvalue weighted by molar-refractivity contribution is 9.11. The van der Waals surface area contributed by atoms with Crippen molar-refractivity contribution in [2.24, 2.45) is 5.73 Å². The van der Waals surface area contributed by atoms with Crippen LogP contribution >= 0.6 is 43.5 Å². The zero-order valence-corrected chi connectivity index (χ0v) is 13.7. The number of benzene rings is 2. The highest BCUT2D eigenvalue weighted by Gasteiger charge is 2.15. The molecule has 2 rings (SSSR count).